The highest BCUT2D eigenvalue weighted by atomic mass is 16.5. The maximum atomic E-state index is 5.47. The first kappa shape index (κ1) is 15.5. The topological polar surface area (TPSA) is 67.5 Å². The van der Waals surface area contributed by atoms with Crippen LogP contribution in [0.25, 0.3) is 11.5 Å². The molecule has 2 aliphatic heterocycles. The summed E-state index contributed by atoms with van der Waals surface area (Å²) in [5.41, 5.74) is 0.861. The first-order chi connectivity index (χ1) is 11.8. The third kappa shape index (κ3) is 3.27. The van der Waals surface area contributed by atoms with Crippen LogP contribution in [0.1, 0.15) is 18.7 Å². The zero-order valence-corrected chi connectivity index (χ0v) is 14.0. The van der Waals surface area contributed by atoms with Gasteiger partial charge in [-0.3, -0.25) is 4.90 Å². The van der Waals surface area contributed by atoms with Crippen molar-refractivity contribution in [2.24, 2.45) is 0 Å². The van der Waals surface area contributed by atoms with E-state index in [2.05, 4.69) is 24.9 Å². The first-order valence-corrected chi connectivity index (χ1v) is 8.63. The molecule has 2 aromatic rings. The molecule has 24 heavy (non-hydrogen) atoms. The van der Waals surface area contributed by atoms with Crippen LogP contribution in [0.5, 0.6) is 0 Å². The van der Waals surface area contributed by atoms with Gasteiger partial charge in [0.1, 0.15) is 5.82 Å². The third-order valence-electron chi connectivity index (χ3n) is 4.87. The van der Waals surface area contributed by atoms with Crippen molar-refractivity contribution in [1.82, 2.24) is 20.0 Å². The number of aryl methyl sites for hydroxylation is 1. The molecule has 128 valence electrons. The summed E-state index contributed by atoms with van der Waals surface area (Å²) in [7, 11) is 0. The van der Waals surface area contributed by atoms with Crippen molar-refractivity contribution in [2.75, 3.05) is 44.3 Å². The molecule has 0 amide bonds. The van der Waals surface area contributed by atoms with Gasteiger partial charge in [0, 0.05) is 51.6 Å². The molecular formula is C17H23N5O2. The van der Waals surface area contributed by atoms with E-state index >= 15 is 0 Å². The molecular weight excluding hydrogens is 306 g/mol. The van der Waals surface area contributed by atoms with Crippen LogP contribution < -0.4 is 4.90 Å². The molecule has 4 heterocycles. The Kier molecular flexibility index (Phi) is 4.44. The van der Waals surface area contributed by atoms with Gasteiger partial charge in [0.2, 0.25) is 0 Å². The van der Waals surface area contributed by atoms with Gasteiger partial charge in [-0.2, -0.15) is 4.98 Å². The van der Waals surface area contributed by atoms with Crippen molar-refractivity contribution in [3.8, 4) is 11.5 Å². The van der Waals surface area contributed by atoms with Gasteiger partial charge in [-0.15, -0.1) is 0 Å². The van der Waals surface area contributed by atoms with Crippen molar-refractivity contribution >= 4 is 5.82 Å². The molecule has 0 aliphatic carbocycles. The molecule has 0 N–H and O–H groups in total. The van der Waals surface area contributed by atoms with Crippen LogP contribution in [-0.4, -0.2) is 65.5 Å². The maximum absolute atomic E-state index is 5.47. The fraction of sp³-hybridized carbons (Fsp3) is 0.588. The van der Waals surface area contributed by atoms with Gasteiger partial charge < -0.3 is 14.2 Å². The summed E-state index contributed by atoms with van der Waals surface area (Å²) in [6, 6.07) is 4.73. The molecule has 2 fully saturated rings. The number of hydrogen-bond acceptors (Lipinski definition) is 7. The highest BCUT2D eigenvalue weighted by molar-refractivity contribution is 5.54. The number of aromatic nitrogens is 3. The van der Waals surface area contributed by atoms with E-state index in [9.17, 15) is 0 Å². The predicted molar refractivity (Wildman–Crippen MR) is 89.9 cm³/mol. The standard InChI is InChI=1S/C17H23N5O2/c1-13-19-17(24-20-13)14-2-3-16(18-12-14)22-8-6-21(7-9-22)15-4-10-23-11-5-15/h2-3,12,15H,4-11H2,1H3. The molecule has 7 heteroatoms. The Bertz CT molecular complexity index is 658. The molecule has 0 spiro atoms. The highest BCUT2D eigenvalue weighted by Crippen LogP contribution is 2.22. The molecule has 2 aromatic heterocycles. The van der Waals surface area contributed by atoms with Gasteiger partial charge in [-0.05, 0) is 31.9 Å². The largest absolute Gasteiger partial charge is 0.381 e. The number of pyridine rings is 1. The lowest BCUT2D eigenvalue weighted by molar-refractivity contribution is 0.0321. The molecule has 2 saturated heterocycles. The monoisotopic (exact) mass is 329 g/mol. The van der Waals surface area contributed by atoms with Crippen LogP contribution in [0.2, 0.25) is 0 Å². The van der Waals surface area contributed by atoms with E-state index in [-0.39, 0.29) is 0 Å². The third-order valence-corrected chi connectivity index (χ3v) is 4.87. The lowest BCUT2D eigenvalue weighted by Crippen LogP contribution is -2.51. The average molecular weight is 329 g/mol. The van der Waals surface area contributed by atoms with E-state index in [0.29, 0.717) is 17.8 Å². The van der Waals surface area contributed by atoms with E-state index in [1.165, 1.54) is 0 Å². The average Bonchev–Trinajstić information content (AvgIpc) is 3.09. The predicted octanol–water partition coefficient (Wildman–Crippen LogP) is 1.74. The molecule has 2 aliphatic rings. The fourth-order valence-electron chi connectivity index (χ4n) is 3.48. The summed E-state index contributed by atoms with van der Waals surface area (Å²) in [6.07, 6.45) is 4.14. The van der Waals surface area contributed by atoms with E-state index in [1.54, 1.807) is 0 Å². The summed E-state index contributed by atoms with van der Waals surface area (Å²) >= 11 is 0. The van der Waals surface area contributed by atoms with Gasteiger partial charge in [0.15, 0.2) is 5.82 Å². The van der Waals surface area contributed by atoms with E-state index in [1.807, 2.05) is 25.3 Å². The summed E-state index contributed by atoms with van der Waals surface area (Å²) in [6.45, 7) is 7.85. The van der Waals surface area contributed by atoms with Crippen LogP contribution in [0.15, 0.2) is 22.9 Å². The van der Waals surface area contributed by atoms with Crippen LogP contribution in [0.3, 0.4) is 0 Å². The Balaban J connectivity index is 1.37. The van der Waals surface area contributed by atoms with Gasteiger partial charge in [0.25, 0.3) is 5.89 Å². The van der Waals surface area contributed by atoms with E-state index in [0.717, 1.165) is 63.6 Å². The van der Waals surface area contributed by atoms with E-state index < -0.39 is 0 Å². The Morgan fingerprint density at radius 2 is 1.88 bits per heavy atom. The van der Waals surface area contributed by atoms with Crippen molar-refractivity contribution in [2.45, 2.75) is 25.8 Å². The zero-order valence-electron chi connectivity index (χ0n) is 14.0. The second-order valence-electron chi connectivity index (χ2n) is 6.42. The van der Waals surface area contributed by atoms with Crippen molar-refractivity contribution in [3.63, 3.8) is 0 Å². The van der Waals surface area contributed by atoms with Gasteiger partial charge >= 0.3 is 0 Å². The molecule has 0 bridgehead atoms. The number of piperazine rings is 1. The minimum atomic E-state index is 0.524. The number of anilines is 1. The summed E-state index contributed by atoms with van der Waals surface area (Å²) in [4.78, 5) is 13.8. The Hall–Kier alpha value is -1.99. The Labute approximate surface area is 141 Å². The molecule has 0 aromatic carbocycles. The lowest BCUT2D eigenvalue weighted by atomic mass is 10.1. The second-order valence-corrected chi connectivity index (χ2v) is 6.42. The smallest absolute Gasteiger partial charge is 0.259 e. The molecule has 0 atom stereocenters. The van der Waals surface area contributed by atoms with Crippen LogP contribution >= 0.6 is 0 Å². The van der Waals surface area contributed by atoms with Crippen molar-refractivity contribution < 1.29 is 9.26 Å². The van der Waals surface area contributed by atoms with Crippen molar-refractivity contribution in [1.29, 1.82) is 0 Å². The summed E-state index contributed by atoms with van der Waals surface area (Å²) in [5.74, 6) is 2.18. The lowest BCUT2D eigenvalue weighted by Gasteiger charge is -2.41. The Morgan fingerprint density at radius 1 is 1.08 bits per heavy atom. The van der Waals surface area contributed by atoms with Gasteiger partial charge in [-0.25, -0.2) is 4.98 Å². The number of nitrogens with zero attached hydrogens (tertiary/aromatic N) is 5. The van der Waals surface area contributed by atoms with Crippen molar-refractivity contribution in [3.05, 3.63) is 24.2 Å². The fourth-order valence-corrected chi connectivity index (χ4v) is 3.48. The number of hydrogen-bond donors (Lipinski definition) is 0. The minimum absolute atomic E-state index is 0.524. The normalized spacial score (nSPS) is 20.5. The number of ether oxygens (including phenoxy) is 1. The van der Waals surface area contributed by atoms with Gasteiger partial charge in [-0.1, -0.05) is 5.16 Å². The quantitative estimate of drug-likeness (QED) is 0.849. The van der Waals surface area contributed by atoms with Gasteiger partial charge in [0.05, 0.1) is 5.56 Å². The second kappa shape index (κ2) is 6.86. The number of rotatable bonds is 3. The van der Waals surface area contributed by atoms with Crippen LogP contribution in [-0.2, 0) is 4.74 Å². The summed E-state index contributed by atoms with van der Waals surface area (Å²) < 4.78 is 10.7. The SMILES string of the molecule is Cc1noc(-c2ccc(N3CCN(C4CCOCC4)CC3)nc2)n1. The Morgan fingerprint density at radius 3 is 2.50 bits per heavy atom. The molecule has 0 unspecified atom stereocenters. The minimum Gasteiger partial charge on any atom is -0.381 e. The van der Waals surface area contributed by atoms with E-state index in [4.69, 9.17) is 9.26 Å². The molecule has 4 rings (SSSR count). The first-order valence-electron chi connectivity index (χ1n) is 8.63. The van der Waals surface area contributed by atoms with Crippen LogP contribution in [0.4, 0.5) is 5.82 Å². The molecule has 0 radical (unpaired) electrons. The highest BCUT2D eigenvalue weighted by Gasteiger charge is 2.25. The molecule has 7 nitrogen and oxygen atoms in total. The summed E-state index contributed by atoms with van der Waals surface area (Å²) in [5, 5.41) is 3.82. The molecule has 0 saturated carbocycles. The zero-order chi connectivity index (χ0) is 16.4. The van der Waals surface area contributed by atoms with Crippen LogP contribution in [0, 0.1) is 6.92 Å². The maximum Gasteiger partial charge on any atom is 0.259 e.